The van der Waals surface area contributed by atoms with Crippen LogP contribution in [0.2, 0.25) is 4.34 Å². The lowest BCUT2D eigenvalue weighted by atomic mass is 10.1. The highest BCUT2D eigenvalue weighted by molar-refractivity contribution is 9.10. The minimum absolute atomic E-state index is 0.00215. The number of Topliss-reactive ketones (excluding diaryl/α,β-unsaturated/α-hetero) is 1. The van der Waals surface area contributed by atoms with Crippen molar-refractivity contribution in [3.63, 3.8) is 0 Å². The number of carbonyl (C=O) groups excluding carboxylic acids is 1. The SMILES string of the molecule is Nc1ccc(Br)cc1C(=O)Cc1ccc(Cl)s1. The van der Waals surface area contributed by atoms with Gasteiger partial charge >= 0.3 is 0 Å². The third-order valence-electron chi connectivity index (χ3n) is 2.28. The molecular formula is C12H9BrClNOS. The normalized spacial score (nSPS) is 10.5. The molecule has 0 saturated heterocycles. The average Bonchev–Trinajstić information content (AvgIpc) is 2.67. The highest BCUT2D eigenvalue weighted by atomic mass is 79.9. The van der Waals surface area contributed by atoms with E-state index in [1.54, 1.807) is 18.2 Å². The van der Waals surface area contributed by atoms with Crippen molar-refractivity contribution in [3.8, 4) is 0 Å². The molecule has 0 saturated carbocycles. The molecule has 0 spiro atoms. The first-order chi connectivity index (χ1) is 8.06. The third-order valence-corrected chi connectivity index (χ3v) is 4.00. The van der Waals surface area contributed by atoms with Crippen LogP contribution in [0.4, 0.5) is 5.69 Å². The maximum atomic E-state index is 12.1. The van der Waals surface area contributed by atoms with E-state index in [2.05, 4.69) is 15.9 Å². The number of nitrogen functional groups attached to an aromatic ring is 1. The van der Waals surface area contributed by atoms with Crippen LogP contribution >= 0.6 is 38.9 Å². The Balaban J connectivity index is 2.22. The van der Waals surface area contributed by atoms with Gasteiger partial charge in [0.25, 0.3) is 0 Å². The molecule has 0 aliphatic rings. The Morgan fingerprint density at radius 3 is 2.76 bits per heavy atom. The maximum absolute atomic E-state index is 12.1. The van der Waals surface area contributed by atoms with Crippen LogP contribution in [-0.4, -0.2) is 5.78 Å². The molecule has 2 nitrogen and oxygen atoms in total. The molecule has 1 aromatic heterocycles. The van der Waals surface area contributed by atoms with Gasteiger partial charge in [0, 0.05) is 27.0 Å². The molecule has 2 N–H and O–H groups in total. The second-order valence-electron chi connectivity index (χ2n) is 3.54. The number of rotatable bonds is 3. The molecule has 0 fully saturated rings. The number of benzene rings is 1. The molecule has 5 heteroatoms. The average molecular weight is 331 g/mol. The van der Waals surface area contributed by atoms with E-state index in [-0.39, 0.29) is 5.78 Å². The van der Waals surface area contributed by atoms with E-state index in [4.69, 9.17) is 17.3 Å². The monoisotopic (exact) mass is 329 g/mol. The van der Waals surface area contributed by atoms with E-state index in [1.807, 2.05) is 12.1 Å². The van der Waals surface area contributed by atoms with E-state index in [0.717, 1.165) is 9.35 Å². The topological polar surface area (TPSA) is 43.1 Å². The summed E-state index contributed by atoms with van der Waals surface area (Å²) in [7, 11) is 0. The summed E-state index contributed by atoms with van der Waals surface area (Å²) in [6, 6.07) is 8.93. The Morgan fingerprint density at radius 1 is 1.35 bits per heavy atom. The number of hydrogen-bond donors (Lipinski definition) is 1. The molecule has 0 aliphatic carbocycles. The zero-order chi connectivity index (χ0) is 12.4. The van der Waals surface area contributed by atoms with Crippen LogP contribution in [0.25, 0.3) is 0 Å². The van der Waals surface area contributed by atoms with E-state index in [0.29, 0.717) is 22.0 Å². The van der Waals surface area contributed by atoms with Crippen LogP contribution in [0.1, 0.15) is 15.2 Å². The van der Waals surface area contributed by atoms with Crippen LogP contribution < -0.4 is 5.73 Å². The molecule has 0 unspecified atom stereocenters. The predicted molar refractivity (Wildman–Crippen MR) is 75.9 cm³/mol. The Labute approximate surface area is 117 Å². The largest absolute Gasteiger partial charge is 0.398 e. The molecule has 0 bridgehead atoms. The van der Waals surface area contributed by atoms with Gasteiger partial charge in [0.2, 0.25) is 0 Å². The number of ketones is 1. The van der Waals surface area contributed by atoms with Crippen molar-refractivity contribution in [2.45, 2.75) is 6.42 Å². The molecule has 2 rings (SSSR count). The molecule has 0 amide bonds. The number of halogens is 2. The summed E-state index contributed by atoms with van der Waals surface area (Å²) in [4.78, 5) is 13.0. The Bertz CT molecular complexity index is 567. The first kappa shape index (κ1) is 12.6. The molecule has 17 heavy (non-hydrogen) atoms. The van der Waals surface area contributed by atoms with E-state index in [9.17, 15) is 4.79 Å². The minimum atomic E-state index is 0.00215. The fraction of sp³-hybridized carbons (Fsp3) is 0.0833. The summed E-state index contributed by atoms with van der Waals surface area (Å²) in [5, 5.41) is 0. The second-order valence-corrected chi connectivity index (χ2v) is 6.25. The number of hydrogen-bond acceptors (Lipinski definition) is 3. The quantitative estimate of drug-likeness (QED) is 0.678. The van der Waals surface area contributed by atoms with E-state index >= 15 is 0 Å². The molecule has 0 atom stereocenters. The summed E-state index contributed by atoms with van der Waals surface area (Å²) in [5.74, 6) is 0.00215. The summed E-state index contributed by atoms with van der Waals surface area (Å²) in [6.07, 6.45) is 0.331. The molecule has 88 valence electrons. The zero-order valence-corrected chi connectivity index (χ0v) is 11.9. The Morgan fingerprint density at radius 2 is 2.12 bits per heavy atom. The molecule has 0 radical (unpaired) electrons. The Kier molecular flexibility index (Phi) is 3.86. The van der Waals surface area contributed by atoms with Crippen LogP contribution in [0.3, 0.4) is 0 Å². The summed E-state index contributed by atoms with van der Waals surface area (Å²) in [6.45, 7) is 0. The number of thiophene rings is 1. The van der Waals surface area contributed by atoms with E-state index < -0.39 is 0 Å². The standard InChI is InChI=1S/C12H9BrClNOS/c13-7-1-3-10(15)9(5-7)11(16)6-8-2-4-12(14)17-8/h1-5H,6,15H2. The lowest BCUT2D eigenvalue weighted by Gasteiger charge is -2.04. The van der Waals surface area contributed by atoms with Gasteiger partial charge in [0.15, 0.2) is 5.78 Å². The summed E-state index contributed by atoms with van der Waals surface area (Å²) in [5.41, 5.74) is 6.83. The van der Waals surface area contributed by atoms with Gasteiger partial charge in [0.05, 0.1) is 4.34 Å². The highest BCUT2D eigenvalue weighted by Gasteiger charge is 2.12. The van der Waals surface area contributed by atoms with Gasteiger partial charge in [-0.05, 0) is 30.3 Å². The zero-order valence-electron chi connectivity index (χ0n) is 8.74. The van der Waals surface area contributed by atoms with Crippen LogP contribution in [0.15, 0.2) is 34.8 Å². The first-order valence-corrected chi connectivity index (χ1v) is 6.87. The van der Waals surface area contributed by atoms with Crippen LogP contribution in [0, 0.1) is 0 Å². The van der Waals surface area contributed by atoms with Crippen LogP contribution in [-0.2, 0) is 6.42 Å². The molecule has 0 aliphatic heterocycles. The molecule has 1 heterocycles. The molecular weight excluding hydrogens is 322 g/mol. The van der Waals surface area contributed by atoms with Gasteiger partial charge in [-0.15, -0.1) is 11.3 Å². The van der Waals surface area contributed by atoms with Gasteiger partial charge in [-0.2, -0.15) is 0 Å². The van der Waals surface area contributed by atoms with Crippen molar-refractivity contribution in [1.29, 1.82) is 0 Å². The van der Waals surface area contributed by atoms with Gasteiger partial charge in [-0.25, -0.2) is 0 Å². The smallest absolute Gasteiger partial charge is 0.170 e. The van der Waals surface area contributed by atoms with Crippen molar-refractivity contribution in [2.75, 3.05) is 5.73 Å². The van der Waals surface area contributed by atoms with Gasteiger partial charge in [0.1, 0.15) is 0 Å². The van der Waals surface area contributed by atoms with Crippen LogP contribution in [0.5, 0.6) is 0 Å². The molecule has 2 aromatic rings. The fourth-order valence-corrected chi connectivity index (χ4v) is 2.92. The summed E-state index contributed by atoms with van der Waals surface area (Å²) >= 11 is 10.6. The predicted octanol–water partition coefficient (Wildman–Crippen LogP) is 4.17. The van der Waals surface area contributed by atoms with Gasteiger partial charge in [-0.1, -0.05) is 27.5 Å². The second kappa shape index (κ2) is 5.21. The van der Waals surface area contributed by atoms with Crippen molar-refractivity contribution in [3.05, 3.63) is 49.6 Å². The van der Waals surface area contributed by atoms with Gasteiger partial charge < -0.3 is 5.73 Å². The van der Waals surface area contributed by atoms with Crippen molar-refractivity contribution < 1.29 is 4.79 Å². The lowest BCUT2D eigenvalue weighted by Crippen LogP contribution is -2.06. The van der Waals surface area contributed by atoms with E-state index in [1.165, 1.54) is 11.3 Å². The Hall–Kier alpha value is -0.840. The summed E-state index contributed by atoms with van der Waals surface area (Å²) < 4.78 is 1.54. The lowest BCUT2D eigenvalue weighted by molar-refractivity contribution is 0.0994. The minimum Gasteiger partial charge on any atom is -0.398 e. The molecule has 1 aromatic carbocycles. The van der Waals surface area contributed by atoms with Crippen molar-refractivity contribution in [2.24, 2.45) is 0 Å². The van der Waals surface area contributed by atoms with Crippen molar-refractivity contribution in [1.82, 2.24) is 0 Å². The van der Waals surface area contributed by atoms with Crippen molar-refractivity contribution >= 4 is 50.3 Å². The maximum Gasteiger partial charge on any atom is 0.170 e. The number of nitrogens with two attached hydrogens (primary N) is 1. The van der Waals surface area contributed by atoms with Gasteiger partial charge in [-0.3, -0.25) is 4.79 Å². The highest BCUT2D eigenvalue weighted by Crippen LogP contribution is 2.25. The third kappa shape index (κ3) is 3.09. The fourth-order valence-electron chi connectivity index (χ4n) is 1.47. The first-order valence-electron chi connectivity index (χ1n) is 4.88. The number of anilines is 1. The number of carbonyl (C=O) groups is 1.